The molecule has 3 amide bonds. The Hall–Kier alpha value is -2.76. The van der Waals surface area contributed by atoms with Crippen LogP contribution in [0.15, 0.2) is 23.8 Å². The number of Topliss-reactive ketones (excluding diaryl/α,β-unsaturated/α-hetero) is 1. The second-order valence-electron chi connectivity index (χ2n) is 9.82. The molecule has 2 aliphatic rings. The lowest BCUT2D eigenvalue weighted by Crippen LogP contribution is -2.54. The molecule has 214 valence electrons. The summed E-state index contributed by atoms with van der Waals surface area (Å²) in [5.74, 6) is -1.86. The van der Waals surface area contributed by atoms with Crippen LogP contribution in [-0.4, -0.2) is 88.6 Å². The number of amides is 3. The van der Waals surface area contributed by atoms with E-state index in [2.05, 4.69) is 16.0 Å². The van der Waals surface area contributed by atoms with E-state index in [0.29, 0.717) is 32.8 Å². The Morgan fingerprint density at radius 1 is 0.921 bits per heavy atom. The lowest BCUT2D eigenvalue weighted by atomic mass is 9.96. The van der Waals surface area contributed by atoms with E-state index in [4.69, 9.17) is 18.9 Å². The largest absolute Gasteiger partial charge is 0.447 e. The summed E-state index contributed by atoms with van der Waals surface area (Å²) in [5.41, 5.74) is 0.881. The van der Waals surface area contributed by atoms with E-state index in [0.717, 1.165) is 31.3 Å². The molecule has 11 nitrogen and oxygen atoms in total. The maximum Gasteiger partial charge on any atom is 0.407 e. The van der Waals surface area contributed by atoms with E-state index in [1.165, 1.54) is 0 Å². The van der Waals surface area contributed by atoms with Crippen molar-refractivity contribution >= 4 is 23.7 Å². The molecule has 0 unspecified atom stereocenters. The number of hydrogen-bond acceptors (Lipinski definition) is 8. The fourth-order valence-corrected chi connectivity index (χ4v) is 3.72. The summed E-state index contributed by atoms with van der Waals surface area (Å²) in [6, 6.07) is -1.95. The highest BCUT2D eigenvalue weighted by Crippen LogP contribution is 2.20. The zero-order valence-corrected chi connectivity index (χ0v) is 22.8. The predicted octanol–water partition coefficient (Wildman–Crippen LogP) is 1.81. The topological polar surface area (TPSA) is 141 Å². The smallest absolute Gasteiger partial charge is 0.407 e. The first-order valence-electron chi connectivity index (χ1n) is 13.4. The molecule has 0 aromatic heterocycles. The van der Waals surface area contributed by atoms with Crippen LogP contribution in [0.1, 0.15) is 52.4 Å². The summed E-state index contributed by atoms with van der Waals surface area (Å²) in [6.45, 7) is 5.74. The van der Waals surface area contributed by atoms with E-state index < -0.39 is 35.8 Å². The second-order valence-corrected chi connectivity index (χ2v) is 9.82. The minimum atomic E-state index is -1.04. The third-order valence-electron chi connectivity index (χ3n) is 5.86. The number of ketones is 1. The minimum absolute atomic E-state index is 0.00284. The predicted molar refractivity (Wildman–Crippen MR) is 140 cm³/mol. The first-order chi connectivity index (χ1) is 18.3. The molecule has 0 aromatic rings. The van der Waals surface area contributed by atoms with Gasteiger partial charge in [0, 0.05) is 13.2 Å². The number of carbonyl (C=O) groups excluding carboxylic acids is 4. The molecule has 38 heavy (non-hydrogen) atoms. The summed E-state index contributed by atoms with van der Waals surface area (Å²) in [5, 5.41) is 7.99. The maximum absolute atomic E-state index is 13.2. The molecule has 0 aliphatic heterocycles. The summed E-state index contributed by atoms with van der Waals surface area (Å²) < 4.78 is 20.7. The van der Waals surface area contributed by atoms with Gasteiger partial charge in [-0.05, 0) is 50.0 Å². The molecule has 1 fully saturated rings. The molecule has 2 rings (SSSR count). The standard InChI is InChI=1S/C27H43N3O8/c1-19(2)17-23(30-27(34)38-16-15-37-14-13-36-12-11-35-3)25(32)29-22(18-20-7-5-4-6-8-20)24(31)26(33)28-21-9-10-21/h5,7-8,19,21-23H,4,6,9-18H2,1-3H3,(H,28,33)(H,29,32)(H,30,34)/t22-,23-/m0/s1. The molecule has 3 N–H and O–H groups in total. The van der Waals surface area contributed by atoms with Crippen molar-refractivity contribution in [3.8, 4) is 0 Å². The van der Waals surface area contributed by atoms with Gasteiger partial charge >= 0.3 is 6.09 Å². The van der Waals surface area contributed by atoms with E-state index in [-0.39, 0.29) is 31.6 Å². The summed E-state index contributed by atoms with van der Waals surface area (Å²) in [6.07, 6.45) is 9.11. The van der Waals surface area contributed by atoms with Crippen LogP contribution in [0.25, 0.3) is 0 Å². The number of carbonyl (C=O) groups is 4. The van der Waals surface area contributed by atoms with Gasteiger partial charge in [0.05, 0.1) is 33.0 Å². The number of rotatable bonds is 19. The van der Waals surface area contributed by atoms with Crippen LogP contribution in [0.5, 0.6) is 0 Å². The van der Waals surface area contributed by atoms with Crippen LogP contribution >= 0.6 is 0 Å². The highest BCUT2D eigenvalue weighted by Gasteiger charge is 2.33. The van der Waals surface area contributed by atoms with Crippen molar-refractivity contribution in [3.05, 3.63) is 23.8 Å². The van der Waals surface area contributed by atoms with Gasteiger partial charge in [0.2, 0.25) is 11.7 Å². The SMILES string of the molecule is COCCOCCOCCOC(=O)N[C@@H](CC(C)C)C(=O)N[C@@H](CC1=CCCC=C1)C(=O)C(=O)NC1CC1. The number of methoxy groups -OCH3 is 1. The lowest BCUT2D eigenvalue weighted by Gasteiger charge is -2.24. The quantitative estimate of drug-likeness (QED) is 0.167. The number of ether oxygens (including phenoxy) is 4. The van der Waals surface area contributed by atoms with Gasteiger partial charge in [0.25, 0.3) is 5.91 Å². The fourth-order valence-electron chi connectivity index (χ4n) is 3.72. The number of alkyl carbamates (subject to hydrolysis) is 1. The Kier molecular flexibility index (Phi) is 14.6. The third-order valence-corrected chi connectivity index (χ3v) is 5.86. The molecule has 11 heteroatoms. The van der Waals surface area contributed by atoms with Crippen LogP contribution < -0.4 is 16.0 Å². The molecular weight excluding hydrogens is 494 g/mol. The Morgan fingerprint density at radius 2 is 1.61 bits per heavy atom. The molecule has 0 spiro atoms. The molecule has 0 heterocycles. The lowest BCUT2D eigenvalue weighted by molar-refractivity contribution is -0.140. The van der Waals surface area contributed by atoms with Crippen LogP contribution in [-0.2, 0) is 33.3 Å². The maximum atomic E-state index is 13.2. The van der Waals surface area contributed by atoms with Crippen molar-refractivity contribution in [2.75, 3.05) is 46.8 Å². The second kappa shape index (κ2) is 17.7. The molecule has 2 aliphatic carbocycles. The van der Waals surface area contributed by atoms with E-state index in [1.807, 2.05) is 32.1 Å². The van der Waals surface area contributed by atoms with Crippen molar-refractivity contribution < 1.29 is 38.1 Å². The van der Waals surface area contributed by atoms with Gasteiger partial charge in [0.1, 0.15) is 18.7 Å². The van der Waals surface area contributed by atoms with E-state index >= 15 is 0 Å². The molecule has 0 aromatic carbocycles. The van der Waals surface area contributed by atoms with E-state index in [9.17, 15) is 19.2 Å². The Balaban J connectivity index is 1.88. The van der Waals surface area contributed by atoms with Crippen LogP contribution in [0, 0.1) is 5.92 Å². The van der Waals surface area contributed by atoms with Gasteiger partial charge < -0.3 is 34.9 Å². The fraction of sp³-hybridized carbons (Fsp3) is 0.704. The molecule has 0 radical (unpaired) electrons. The van der Waals surface area contributed by atoms with Crippen molar-refractivity contribution in [3.63, 3.8) is 0 Å². The average molecular weight is 538 g/mol. The number of hydrogen-bond donors (Lipinski definition) is 3. The van der Waals surface area contributed by atoms with Gasteiger partial charge in [-0.25, -0.2) is 4.79 Å². The Morgan fingerprint density at radius 3 is 2.21 bits per heavy atom. The number of allylic oxidation sites excluding steroid dienone is 3. The van der Waals surface area contributed by atoms with Gasteiger partial charge in [-0.3, -0.25) is 14.4 Å². The third kappa shape index (κ3) is 13.2. The minimum Gasteiger partial charge on any atom is -0.447 e. The molecule has 0 bridgehead atoms. The Bertz CT molecular complexity index is 838. The highest BCUT2D eigenvalue weighted by molar-refractivity contribution is 6.38. The summed E-state index contributed by atoms with van der Waals surface area (Å²) >= 11 is 0. The van der Waals surface area contributed by atoms with Gasteiger partial charge in [-0.15, -0.1) is 0 Å². The number of nitrogens with one attached hydrogen (secondary N) is 3. The first kappa shape index (κ1) is 31.5. The monoisotopic (exact) mass is 537 g/mol. The molecular formula is C27H43N3O8. The molecule has 1 saturated carbocycles. The first-order valence-corrected chi connectivity index (χ1v) is 13.4. The highest BCUT2D eigenvalue weighted by atomic mass is 16.6. The van der Waals surface area contributed by atoms with Crippen LogP contribution in [0.4, 0.5) is 4.79 Å². The van der Waals surface area contributed by atoms with Crippen molar-refractivity contribution in [1.82, 2.24) is 16.0 Å². The van der Waals surface area contributed by atoms with Gasteiger partial charge in [0.15, 0.2) is 0 Å². The van der Waals surface area contributed by atoms with Crippen molar-refractivity contribution in [2.24, 2.45) is 5.92 Å². The van der Waals surface area contributed by atoms with Gasteiger partial charge in [-0.1, -0.05) is 32.1 Å². The normalized spacial score (nSPS) is 16.4. The molecule has 0 saturated heterocycles. The van der Waals surface area contributed by atoms with Crippen LogP contribution in [0.3, 0.4) is 0 Å². The van der Waals surface area contributed by atoms with Crippen LogP contribution in [0.2, 0.25) is 0 Å². The van der Waals surface area contributed by atoms with Crippen molar-refractivity contribution in [2.45, 2.75) is 70.5 Å². The van der Waals surface area contributed by atoms with Gasteiger partial charge in [-0.2, -0.15) is 0 Å². The summed E-state index contributed by atoms with van der Waals surface area (Å²) in [4.78, 5) is 51.0. The Labute approximate surface area is 225 Å². The zero-order chi connectivity index (χ0) is 27.8. The zero-order valence-electron chi connectivity index (χ0n) is 22.8. The van der Waals surface area contributed by atoms with E-state index in [1.54, 1.807) is 7.11 Å². The molecule has 2 atom stereocenters. The summed E-state index contributed by atoms with van der Waals surface area (Å²) in [7, 11) is 1.59. The van der Waals surface area contributed by atoms with Crippen molar-refractivity contribution in [1.29, 1.82) is 0 Å². The average Bonchev–Trinajstić information content (AvgIpc) is 3.70.